The van der Waals surface area contributed by atoms with Gasteiger partial charge in [0.1, 0.15) is 0 Å². The molecule has 27 heavy (non-hydrogen) atoms. The van der Waals surface area contributed by atoms with Gasteiger partial charge in [0, 0.05) is 39.3 Å². The van der Waals surface area contributed by atoms with E-state index in [1.54, 1.807) is 0 Å². The zero-order valence-corrected chi connectivity index (χ0v) is 16.3. The van der Waals surface area contributed by atoms with E-state index in [0.717, 1.165) is 64.1 Å². The van der Waals surface area contributed by atoms with Gasteiger partial charge >= 0.3 is 0 Å². The Labute approximate surface area is 163 Å². The van der Waals surface area contributed by atoms with Crippen LogP contribution >= 0.6 is 0 Å². The van der Waals surface area contributed by atoms with Crippen LogP contribution in [0.1, 0.15) is 36.8 Å². The molecule has 4 rings (SSSR count). The van der Waals surface area contributed by atoms with Gasteiger partial charge in [0.15, 0.2) is 0 Å². The second-order valence-corrected chi connectivity index (χ2v) is 8.27. The number of benzene rings is 2. The number of piperazine rings is 1. The molecule has 1 aliphatic carbocycles. The lowest BCUT2D eigenvalue weighted by atomic mass is 9.68. The summed E-state index contributed by atoms with van der Waals surface area (Å²) >= 11 is 0. The Kier molecular flexibility index (Phi) is 5.92. The summed E-state index contributed by atoms with van der Waals surface area (Å²) in [6.07, 6.45) is 4.44. The van der Waals surface area contributed by atoms with Crippen molar-refractivity contribution in [3.63, 3.8) is 0 Å². The van der Waals surface area contributed by atoms with E-state index in [0.29, 0.717) is 5.92 Å². The van der Waals surface area contributed by atoms with Crippen LogP contribution in [0.15, 0.2) is 60.7 Å². The highest BCUT2D eigenvalue weighted by Crippen LogP contribution is 2.44. The molecule has 0 spiro atoms. The maximum atomic E-state index is 11.5. The van der Waals surface area contributed by atoms with Crippen LogP contribution in [0.2, 0.25) is 0 Å². The molecule has 0 amide bonds. The maximum Gasteiger partial charge on any atom is 0.0936 e. The van der Waals surface area contributed by atoms with Gasteiger partial charge in [-0.1, -0.05) is 67.1 Å². The molecular formula is C24H32N2O. The van der Waals surface area contributed by atoms with Gasteiger partial charge in [-0.25, -0.2) is 0 Å². The minimum Gasteiger partial charge on any atom is -0.385 e. The highest BCUT2D eigenvalue weighted by molar-refractivity contribution is 5.24. The van der Waals surface area contributed by atoms with Crippen molar-refractivity contribution in [1.82, 2.24) is 9.80 Å². The standard InChI is InChI=1S/C24H32N2O/c27-24(23-12-7-13-23,22-10-5-2-6-11-22)14-15-25-16-18-26(19-17-25)20-21-8-3-1-4-9-21/h1-6,8-11,23,27H,7,12-20H2. The third-order valence-electron chi connectivity index (χ3n) is 6.58. The van der Waals surface area contributed by atoms with E-state index in [2.05, 4.69) is 64.4 Å². The highest BCUT2D eigenvalue weighted by atomic mass is 16.3. The molecule has 1 heterocycles. The van der Waals surface area contributed by atoms with Crippen molar-refractivity contribution in [3.05, 3.63) is 71.8 Å². The number of hydrogen-bond donors (Lipinski definition) is 1. The second kappa shape index (κ2) is 8.55. The van der Waals surface area contributed by atoms with Crippen molar-refractivity contribution in [2.24, 2.45) is 5.92 Å². The Balaban J connectivity index is 1.30. The van der Waals surface area contributed by atoms with E-state index >= 15 is 0 Å². The van der Waals surface area contributed by atoms with Crippen LogP contribution in [0.5, 0.6) is 0 Å². The van der Waals surface area contributed by atoms with Crippen LogP contribution in [0.3, 0.4) is 0 Å². The number of hydrogen-bond acceptors (Lipinski definition) is 3. The van der Waals surface area contributed by atoms with Gasteiger partial charge in [0.05, 0.1) is 5.60 Å². The van der Waals surface area contributed by atoms with Crippen molar-refractivity contribution in [3.8, 4) is 0 Å². The average Bonchev–Trinajstić information content (AvgIpc) is 2.68. The fraction of sp³-hybridized carbons (Fsp3) is 0.500. The second-order valence-electron chi connectivity index (χ2n) is 8.27. The summed E-state index contributed by atoms with van der Waals surface area (Å²) in [6.45, 7) is 6.46. The summed E-state index contributed by atoms with van der Waals surface area (Å²) in [7, 11) is 0. The molecule has 1 atom stereocenters. The zero-order valence-electron chi connectivity index (χ0n) is 16.3. The van der Waals surface area contributed by atoms with Crippen LogP contribution in [-0.4, -0.2) is 47.6 Å². The molecular weight excluding hydrogens is 332 g/mol. The molecule has 2 aliphatic rings. The lowest BCUT2D eigenvalue weighted by Gasteiger charge is -2.44. The lowest BCUT2D eigenvalue weighted by Crippen LogP contribution is -2.48. The van der Waals surface area contributed by atoms with Gasteiger partial charge in [0.25, 0.3) is 0 Å². The molecule has 2 fully saturated rings. The molecule has 1 aliphatic heterocycles. The third-order valence-corrected chi connectivity index (χ3v) is 6.58. The van der Waals surface area contributed by atoms with Gasteiger partial charge in [-0.15, -0.1) is 0 Å². The summed E-state index contributed by atoms with van der Waals surface area (Å²) < 4.78 is 0. The van der Waals surface area contributed by atoms with E-state index in [1.807, 2.05) is 6.07 Å². The molecule has 1 unspecified atom stereocenters. The normalized spacial score (nSPS) is 21.5. The molecule has 1 saturated carbocycles. The Morgan fingerprint density at radius 2 is 1.41 bits per heavy atom. The first-order valence-electron chi connectivity index (χ1n) is 10.5. The number of rotatable bonds is 7. The quantitative estimate of drug-likeness (QED) is 0.808. The molecule has 0 aromatic heterocycles. The summed E-state index contributed by atoms with van der Waals surface area (Å²) in [5.41, 5.74) is 1.85. The van der Waals surface area contributed by atoms with Gasteiger partial charge < -0.3 is 10.0 Å². The molecule has 2 aromatic carbocycles. The Bertz CT molecular complexity index is 693. The maximum absolute atomic E-state index is 11.5. The summed E-state index contributed by atoms with van der Waals surface area (Å²) in [5, 5.41) is 11.5. The van der Waals surface area contributed by atoms with Gasteiger partial charge in [-0.2, -0.15) is 0 Å². The van der Waals surface area contributed by atoms with E-state index in [9.17, 15) is 5.11 Å². The number of aliphatic hydroxyl groups is 1. The first-order valence-corrected chi connectivity index (χ1v) is 10.5. The van der Waals surface area contributed by atoms with Crippen LogP contribution in [0.25, 0.3) is 0 Å². The first-order chi connectivity index (χ1) is 13.2. The molecule has 1 saturated heterocycles. The minimum atomic E-state index is -0.652. The molecule has 1 N–H and O–H groups in total. The Morgan fingerprint density at radius 1 is 0.815 bits per heavy atom. The first kappa shape index (κ1) is 18.7. The predicted octanol–water partition coefficient (Wildman–Crippen LogP) is 3.88. The molecule has 2 aromatic rings. The van der Waals surface area contributed by atoms with Crippen molar-refractivity contribution < 1.29 is 5.11 Å². The van der Waals surface area contributed by atoms with Crippen LogP contribution in [-0.2, 0) is 12.1 Å². The van der Waals surface area contributed by atoms with Crippen LogP contribution in [0.4, 0.5) is 0 Å². The lowest BCUT2D eigenvalue weighted by molar-refractivity contribution is -0.0700. The molecule has 0 bridgehead atoms. The molecule has 144 valence electrons. The van der Waals surface area contributed by atoms with Crippen molar-refractivity contribution >= 4 is 0 Å². The Morgan fingerprint density at radius 3 is 2.00 bits per heavy atom. The SMILES string of the molecule is OC(CCN1CCN(Cc2ccccc2)CC1)(c1ccccc1)C1CCC1. The van der Waals surface area contributed by atoms with Crippen molar-refractivity contribution in [1.29, 1.82) is 0 Å². The van der Waals surface area contributed by atoms with E-state index in [4.69, 9.17) is 0 Å². The molecule has 3 heteroatoms. The third kappa shape index (κ3) is 4.43. The fourth-order valence-electron chi connectivity index (χ4n) is 4.54. The topological polar surface area (TPSA) is 26.7 Å². The highest BCUT2D eigenvalue weighted by Gasteiger charge is 2.41. The van der Waals surface area contributed by atoms with Crippen molar-refractivity contribution in [2.75, 3.05) is 32.7 Å². The van der Waals surface area contributed by atoms with E-state index in [1.165, 1.54) is 12.0 Å². The Hall–Kier alpha value is -1.68. The van der Waals surface area contributed by atoms with Gasteiger partial charge in [-0.05, 0) is 36.3 Å². The van der Waals surface area contributed by atoms with Gasteiger partial charge in [0.2, 0.25) is 0 Å². The minimum absolute atomic E-state index is 0.430. The zero-order chi connectivity index (χ0) is 18.5. The average molecular weight is 365 g/mol. The summed E-state index contributed by atoms with van der Waals surface area (Å²) in [6, 6.07) is 21.1. The molecule has 0 radical (unpaired) electrons. The number of nitrogens with zero attached hydrogens (tertiary/aromatic N) is 2. The van der Waals surface area contributed by atoms with E-state index in [-0.39, 0.29) is 0 Å². The monoisotopic (exact) mass is 364 g/mol. The summed E-state index contributed by atoms with van der Waals surface area (Å²) in [4.78, 5) is 5.08. The van der Waals surface area contributed by atoms with Crippen molar-refractivity contribution in [2.45, 2.75) is 37.8 Å². The molecule has 3 nitrogen and oxygen atoms in total. The predicted molar refractivity (Wildman–Crippen MR) is 110 cm³/mol. The van der Waals surface area contributed by atoms with Gasteiger partial charge in [-0.3, -0.25) is 4.90 Å². The fourth-order valence-corrected chi connectivity index (χ4v) is 4.54. The van der Waals surface area contributed by atoms with Crippen LogP contribution in [0, 0.1) is 5.92 Å². The van der Waals surface area contributed by atoms with E-state index < -0.39 is 5.60 Å². The van der Waals surface area contributed by atoms with Crippen LogP contribution < -0.4 is 0 Å². The smallest absolute Gasteiger partial charge is 0.0936 e. The summed E-state index contributed by atoms with van der Waals surface area (Å²) in [5.74, 6) is 0.430. The largest absolute Gasteiger partial charge is 0.385 e.